The first-order valence-corrected chi connectivity index (χ1v) is 28.8. The van der Waals surface area contributed by atoms with Crippen LogP contribution in [0.25, 0.3) is 0 Å². The van der Waals surface area contributed by atoms with Crippen LogP contribution in [0.2, 0.25) is 0 Å². The summed E-state index contributed by atoms with van der Waals surface area (Å²) in [4.78, 5) is 0. The van der Waals surface area contributed by atoms with Crippen molar-refractivity contribution in [3.63, 3.8) is 0 Å². The lowest BCUT2D eigenvalue weighted by Gasteiger charge is -2.09. The zero-order valence-electron chi connectivity index (χ0n) is 44.4. The minimum atomic E-state index is 0.0305. The molecule has 0 bridgehead atoms. The molecule has 0 aliphatic heterocycles. The summed E-state index contributed by atoms with van der Waals surface area (Å²) in [6, 6.07) is 0. The second kappa shape index (κ2) is 65.6. The monoisotopic (exact) mass is 963 g/mol. The highest BCUT2D eigenvalue weighted by molar-refractivity contribution is 4.53. The van der Waals surface area contributed by atoms with Crippen LogP contribution in [0, 0.1) is 0 Å². The molecule has 0 fully saturated rings. The van der Waals surface area contributed by atoms with Crippen molar-refractivity contribution < 1.29 is 52.5 Å². The molecule has 1 N–H and O–H groups in total. The van der Waals surface area contributed by atoms with Crippen molar-refractivity contribution in [1.82, 2.24) is 0 Å². The van der Waals surface area contributed by atoms with Crippen molar-refractivity contribution in [2.24, 2.45) is 0 Å². The lowest BCUT2D eigenvalue weighted by atomic mass is 10.0. The van der Waals surface area contributed by atoms with Gasteiger partial charge in [-0.05, 0) is 6.42 Å². The minimum absolute atomic E-state index is 0.0305. The molecule has 0 radical (unpaired) electrons. The van der Waals surface area contributed by atoms with Crippen molar-refractivity contribution in [1.29, 1.82) is 0 Å². The van der Waals surface area contributed by atoms with Gasteiger partial charge in [0.2, 0.25) is 0 Å². The minimum Gasteiger partial charge on any atom is -0.394 e. The highest BCUT2D eigenvalue weighted by Gasteiger charge is 2.00. The van der Waals surface area contributed by atoms with Gasteiger partial charge in [-0.15, -0.1) is 0 Å². The molecule has 404 valence electrons. The Bertz CT molecular complexity index is 762. The van der Waals surface area contributed by atoms with Crippen LogP contribution in [0.15, 0.2) is 0 Å². The van der Waals surface area contributed by atoms with Crippen LogP contribution in [-0.4, -0.2) is 144 Å². The highest BCUT2D eigenvalue weighted by atomic mass is 16.6. The van der Waals surface area contributed by atoms with Crippen molar-refractivity contribution in [2.75, 3.05) is 139 Å². The van der Waals surface area contributed by atoms with E-state index in [0.717, 1.165) is 13.0 Å². The van der Waals surface area contributed by atoms with E-state index < -0.39 is 0 Å². The van der Waals surface area contributed by atoms with E-state index in [1.165, 1.54) is 212 Å². The molecule has 0 unspecified atom stereocenters. The lowest BCUT2D eigenvalue weighted by Crippen LogP contribution is -2.15. The molecule has 11 heteroatoms. The number of unbranched alkanes of at least 4 members (excludes halogenated alkanes) is 33. The Morgan fingerprint density at radius 1 is 0.164 bits per heavy atom. The molecule has 0 aliphatic rings. The molecule has 0 heterocycles. The van der Waals surface area contributed by atoms with Gasteiger partial charge >= 0.3 is 0 Å². The summed E-state index contributed by atoms with van der Waals surface area (Å²) in [5.74, 6) is 0. The molecule has 11 nitrogen and oxygen atoms in total. The van der Waals surface area contributed by atoms with Crippen LogP contribution in [0.3, 0.4) is 0 Å². The van der Waals surface area contributed by atoms with Crippen LogP contribution in [0.5, 0.6) is 0 Å². The Balaban J connectivity index is 3.07. The Morgan fingerprint density at radius 2 is 0.299 bits per heavy atom. The van der Waals surface area contributed by atoms with Crippen molar-refractivity contribution in [2.45, 2.75) is 225 Å². The molecular formula is C56H114O11. The summed E-state index contributed by atoms with van der Waals surface area (Å²) in [6.45, 7) is 13.2. The van der Waals surface area contributed by atoms with E-state index in [1.807, 2.05) is 0 Å². The number of aliphatic hydroxyl groups excluding tert-OH is 1. The number of rotatable bonds is 64. The van der Waals surface area contributed by atoms with Crippen LogP contribution < -0.4 is 0 Å². The first-order chi connectivity index (χ1) is 33.4. The SMILES string of the molecule is CCCCCCCCCCCCCCCCCCCCCCCCCCCCCCCCCCCCOCCOCCOCCOCCOCCOCCOCCOCCOCCOCCO. The van der Waals surface area contributed by atoms with Gasteiger partial charge in [0.1, 0.15) is 0 Å². The van der Waals surface area contributed by atoms with E-state index in [-0.39, 0.29) is 6.61 Å². The molecule has 0 amide bonds. The van der Waals surface area contributed by atoms with Crippen molar-refractivity contribution in [3.8, 4) is 0 Å². The number of aliphatic hydroxyl groups is 1. The number of hydrogen-bond donors (Lipinski definition) is 1. The van der Waals surface area contributed by atoms with E-state index in [1.54, 1.807) is 0 Å². The predicted octanol–water partition coefficient (Wildman–Crippen LogP) is 13.4. The normalized spacial score (nSPS) is 11.7. The van der Waals surface area contributed by atoms with Crippen LogP contribution >= 0.6 is 0 Å². The first-order valence-electron chi connectivity index (χ1n) is 28.8. The van der Waals surface area contributed by atoms with Crippen molar-refractivity contribution >= 4 is 0 Å². The molecule has 0 aromatic heterocycles. The third-order valence-corrected chi connectivity index (χ3v) is 12.2. The van der Waals surface area contributed by atoms with Gasteiger partial charge in [0.15, 0.2) is 0 Å². The Kier molecular flexibility index (Phi) is 65.1. The van der Waals surface area contributed by atoms with Gasteiger partial charge in [-0.3, -0.25) is 0 Å². The van der Waals surface area contributed by atoms with E-state index >= 15 is 0 Å². The van der Waals surface area contributed by atoms with Gasteiger partial charge in [-0.2, -0.15) is 0 Å². The van der Waals surface area contributed by atoms with Gasteiger partial charge < -0.3 is 52.5 Å². The Morgan fingerprint density at radius 3 is 0.463 bits per heavy atom. The largest absolute Gasteiger partial charge is 0.394 e. The van der Waals surface area contributed by atoms with Crippen LogP contribution in [-0.2, 0) is 47.4 Å². The Hall–Kier alpha value is -0.440. The van der Waals surface area contributed by atoms with Gasteiger partial charge in [-0.25, -0.2) is 0 Å². The summed E-state index contributed by atoms with van der Waals surface area (Å²) in [5.41, 5.74) is 0. The van der Waals surface area contributed by atoms with E-state index in [4.69, 9.17) is 52.5 Å². The number of hydrogen-bond acceptors (Lipinski definition) is 11. The quantitative estimate of drug-likeness (QED) is 0.0588. The molecule has 0 saturated carbocycles. The third-order valence-electron chi connectivity index (χ3n) is 12.2. The zero-order chi connectivity index (χ0) is 48.0. The fourth-order valence-electron chi connectivity index (χ4n) is 8.08. The summed E-state index contributed by atoms with van der Waals surface area (Å²) < 4.78 is 54.8. The van der Waals surface area contributed by atoms with E-state index in [9.17, 15) is 0 Å². The fourth-order valence-corrected chi connectivity index (χ4v) is 8.08. The fraction of sp³-hybridized carbons (Fsp3) is 1.00. The van der Waals surface area contributed by atoms with Gasteiger partial charge in [0.25, 0.3) is 0 Å². The van der Waals surface area contributed by atoms with Crippen molar-refractivity contribution in [3.05, 3.63) is 0 Å². The van der Waals surface area contributed by atoms with Gasteiger partial charge in [0, 0.05) is 6.61 Å². The molecule has 67 heavy (non-hydrogen) atoms. The van der Waals surface area contributed by atoms with E-state index in [0.29, 0.717) is 126 Å². The molecule has 0 aromatic rings. The maximum absolute atomic E-state index is 8.61. The van der Waals surface area contributed by atoms with Gasteiger partial charge in [-0.1, -0.05) is 219 Å². The Labute approximate surface area is 415 Å². The molecule has 0 aliphatic carbocycles. The second-order valence-electron chi connectivity index (χ2n) is 18.5. The van der Waals surface area contributed by atoms with E-state index in [2.05, 4.69) is 6.92 Å². The van der Waals surface area contributed by atoms with Crippen LogP contribution in [0.4, 0.5) is 0 Å². The molecule has 0 saturated heterocycles. The smallest absolute Gasteiger partial charge is 0.0701 e. The molecule has 0 rings (SSSR count). The predicted molar refractivity (Wildman–Crippen MR) is 278 cm³/mol. The molecule has 0 aromatic carbocycles. The molecule has 0 spiro atoms. The van der Waals surface area contributed by atoms with Crippen LogP contribution in [0.1, 0.15) is 225 Å². The van der Waals surface area contributed by atoms with Gasteiger partial charge in [0.05, 0.1) is 132 Å². The summed E-state index contributed by atoms with van der Waals surface area (Å²) >= 11 is 0. The summed E-state index contributed by atoms with van der Waals surface area (Å²) in [5, 5.41) is 8.61. The zero-order valence-corrected chi connectivity index (χ0v) is 44.4. The highest BCUT2D eigenvalue weighted by Crippen LogP contribution is 2.17. The average molecular weight is 964 g/mol. The summed E-state index contributed by atoms with van der Waals surface area (Å²) in [7, 11) is 0. The third kappa shape index (κ3) is 65.6. The standard InChI is InChI=1S/C56H114O11/c1-2-3-4-5-6-7-8-9-10-11-12-13-14-15-16-17-18-19-20-21-22-23-24-25-26-27-28-29-30-31-32-33-34-35-37-58-39-41-60-43-45-62-47-49-64-51-53-66-55-56-67-54-52-65-50-48-63-46-44-61-42-40-59-38-36-57/h57H,2-56H2,1H3. The first kappa shape index (κ1) is 66.6. The molecular weight excluding hydrogens is 849 g/mol. The maximum Gasteiger partial charge on any atom is 0.0701 e. The topological polar surface area (TPSA) is 113 Å². The second-order valence-corrected chi connectivity index (χ2v) is 18.5. The summed E-state index contributed by atoms with van der Waals surface area (Å²) in [6.07, 6.45) is 48.9. The molecule has 0 atom stereocenters. The number of ether oxygens (including phenoxy) is 10. The lowest BCUT2D eigenvalue weighted by molar-refractivity contribution is -0.0268. The average Bonchev–Trinajstić information content (AvgIpc) is 3.34. The maximum atomic E-state index is 8.61.